The molecule has 1 heterocycles. The molecular weight excluding hydrogens is 275 g/mol. The maximum absolute atomic E-state index is 13.2. The van der Waals surface area contributed by atoms with E-state index >= 15 is 0 Å². The number of nitrogens with one attached hydrogen (secondary N) is 1. The fourth-order valence-corrected chi connectivity index (χ4v) is 3.07. The Morgan fingerprint density at radius 2 is 2.00 bits per heavy atom. The molecule has 2 aromatic rings. The standard InChI is InChI=1S/C19H23FN2/c1-15-4-3-11-22(14-15)19-9-7-18(8-10-19)21-13-16-5-2-6-17(20)12-16/h2,5-10,12,15,21H,3-4,11,13-14H2,1H3. The SMILES string of the molecule is CC1CCCN(c2ccc(NCc3cccc(F)c3)cc2)C1. The second-order valence-electron chi connectivity index (χ2n) is 6.22. The number of nitrogens with zero attached hydrogens (tertiary/aromatic N) is 1. The van der Waals surface area contributed by atoms with Gasteiger partial charge >= 0.3 is 0 Å². The summed E-state index contributed by atoms with van der Waals surface area (Å²) < 4.78 is 13.2. The highest BCUT2D eigenvalue weighted by Gasteiger charge is 2.16. The van der Waals surface area contributed by atoms with E-state index in [9.17, 15) is 4.39 Å². The van der Waals surface area contributed by atoms with Crippen LogP contribution in [0.5, 0.6) is 0 Å². The molecule has 3 rings (SSSR count). The van der Waals surface area contributed by atoms with E-state index in [1.165, 1.54) is 24.6 Å². The average molecular weight is 298 g/mol. The Bertz CT molecular complexity index is 609. The van der Waals surface area contributed by atoms with Gasteiger partial charge in [-0.3, -0.25) is 0 Å². The summed E-state index contributed by atoms with van der Waals surface area (Å²) in [5.41, 5.74) is 3.31. The zero-order chi connectivity index (χ0) is 15.4. The molecule has 1 aliphatic heterocycles. The highest BCUT2D eigenvalue weighted by Crippen LogP contribution is 2.24. The summed E-state index contributed by atoms with van der Waals surface area (Å²) >= 11 is 0. The van der Waals surface area contributed by atoms with Gasteiger partial charge in [-0.15, -0.1) is 0 Å². The lowest BCUT2D eigenvalue weighted by Crippen LogP contribution is -2.34. The monoisotopic (exact) mass is 298 g/mol. The third kappa shape index (κ3) is 3.79. The molecule has 2 aromatic carbocycles. The first kappa shape index (κ1) is 14.9. The molecule has 0 radical (unpaired) electrons. The van der Waals surface area contributed by atoms with Crippen molar-refractivity contribution in [2.45, 2.75) is 26.3 Å². The molecule has 0 bridgehead atoms. The van der Waals surface area contributed by atoms with Crippen molar-refractivity contribution < 1.29 is 4.39 Å². The minimum absolute atomic E-state index is 0.186. The zero-order valence-electron chi connectivity index (χ0n) is 13.1. The molecule has 22 heavy (non-hydrogen) atoms. The largest absolute Gasteiger partial charge is 0.381 e. The zero-order valence-corrected chi connectivity index (χ0v) is 13.1. The first-order chi connectivity index (χ1) is 10.7. The Balaban J connectivity index is 1.59. The quantitative estimate of drug-likeness (QED) is 0.882. The summed E-state index contributed by atoms with van der Waals surface area (Å²) in [6.45, 7) is 5.26. The summed E-state index contributed by atoms with van der Waals surface area (Å²) in [6.07, 6.45) is 2.62. The predicted octanol–water partition coefficient (Wildman–Crippen LogP) is 4.67. The highest BCUT2D eigenvalue weighted by atomic mass is 19.1. The Hall–Kier alpha value is -2.03. The molecule has 1 atom stereocenters. The second kappa shape index (κ2) is 6.82. The maximum Gasteiger partial charge on any atom is 0.123 e. The van der Waals surface area contributed by atoms with Crippen LogP contribution in [0, 0.1) is 11.7 Å². The lowest BCUT2D eigenvalue weighted by Gasteiger charge is -2.32. The molecule has 0 amide bonds. The van der Waals surface area contributed by atoms with Gasteiger partial charge in [-0.2, -0.15) is 0 Å². The van der Waals surface area contributed by atoms with Gasteiger partial charge in [0.2, 0.25) is 0 Å². The summed E-state index contributed by atoms with van der Waals surface area (Å²) in [5, 5.41) is 3.34. The molecule has 1 fully saturated rings. The van der Waals surface area contributed by atoms with Crippen LogP contribution in [0.25, 0.3) is 0 Å². The topological polar surface area (TPSA) is 15.3 Å². The van der Waals surface area contributed by atoms with Crippen LogP contribution < -0.4 is 10.2 Å². The van der Waals surface area contributed by atoms with E-state index in [-0.39, 0.29) is 5.82 Å². The van der Waals surface area contributed by atoms with Crippen molar-refractivity contribution in [2.24, 2.45) is 5.92 Å². The number of piperidine rings is 1. The first-order valence-corrected chi connectivity index (χ1v) is 8.04. The van der Waals surface area contributed by atoms with Gasteiger partial charge in [0.15, 0.2) is 0 Å². The second-order valence-corrected chi connectivity index (χ2v) is 6.22. The number of benzene rings is 2. The van der Waals surface area contributed by atoms with Gasteiger partial charge in [-0.05, 0) is 60.7 Å². The van der Waals surface area contributed by atoms with Crippen molar-refractivity contribution in [3.8, 4) is 0 Å². The molecule has 116 valence electrons. The molecule has 0 spiro atoms. The predicted molar refractivity (Wildman–Crippen MR) is 90.8 cm³/mol. The van der Waals surface area contributed by atoms with Crippen LogP contribution in [0.15, 0.2) is 48.5 Å². The minimum Gasteiger partial charge on any atom is -0.381 e. The van der Waals surface area contributed by atoms with Crippen molar-refractivity contribution >= 4 is 11.4 Å². The van der Waals surface area contributed by atoms with E-state index in [4.69, 9.17) is 0 Å². The maximum atomic E-state index is 13.2. The minimum atomic E-state index is -0.186. The highest BCUT2D eigenvalue weighted by molar-refractivity contribution is 5.55. The third-order valence-electron chi connectivity index (χ3n) is 4.28. The van der Waals surface area contributed by atoms with E-state index in [1.54, 1.807) is 12.1 Å². The first-order valence-electron chi connectivity index (χ1n) is 8.04. The van der Waals surface area contributed by atoms with Crippen molar-refractivity contribution in [3.05, 3.63) is 59.9 Å². The van der Waals surface area contributed by atoms with E-state index in [0.29, 0.717) is 6.54 Å². The van der Waals surface area contributed by atoms with Crippen LogP contribution >= 0.6 is 0 Å². The lowest BCUT2D eigenvalue weighted by molar-refractivity contribution is 0.447. The summed E-state index contributed by atoms with van der Waals surface area (Å²) in [7, 11) is 0. The summed E-state index contributed by atoms with van der Waals surface area (Å²) in [5.74, 6) is 0.591. The van der Waals surface area contributed by atoms with E-state index < -0.39 is 0 Å². The molecular formula is C19H23FN2. The molecule has 1 saturated heterocycles. The van der Waals surface area contributed by atoms with E-state index in [2.05, 4.69) is 41.4 Å². The molecule has 3 heteroatoms. The van der Waals surface area contributed by atoms with Crippen molar-refractivity contribution in [2.75, 3.05) is 23.3 Å². The number of halogens is 1. The van der Waals surface area contributed by atoms with Gasteiger partial charge in [0, 0.05) is 31.0 Å². The Kier molecular flexibility index (Phi) is 4.62. The molecule has 0 saturated carbocycles. The normalized spacial score (nSPS) is 18.3. The van der Waals surface area contributed by atoms with Gasteiger partial charge in [-0.25, -0.2) is 4.39 Å². The van der Waals surface area contributed by atoms with Crippen LogP contribution in [-0.2, 0) is 6.54 Å². The van der Waals surface area contributed by atoms with Gasteiger partial charge in [0.25, 0.3) is 0 Å². The van der Waals surface area contributed by atoms with Crippen LogP contribution in [0.2, 0.25) is 0 Å². The van der Waals surface area contributed by atoms with Crippen LogP contribution in [0.1, 0.15) is 25.3 Å². The lowest BCUT2D eigenvalue weighted by atomic mass is 10.00. The van der Waals surface area contributed by atoms with Gasteiger partial charge in [0.1, 0.15) is 5.82 Å². The molecule has 0 aliphatic carbocycles. The average Bonchev–Trinajstić information content (AvgIpc) is 2.54. The van der Waals surface area contributed by atoms with Crippen molar-refractivity contribution in [3.63, 3.8) is 0 Å². The molecule has 1 aliphatic rings. The molecule has 0 aromatic heterocycles. The fraction of sp³-hybridized carbons (Fsp3) is 0.368. The number of hydrogen-bond donors (Lipinski definition) is 1. The van der Waals surface area contributed by atoms with Gasteiger partial charge in [0.05, 0.1) is 0 Å². The molecule has 2 nitrogen and oxygen atoms in total. The van der Waals surface area contributed by atoms with E-state index in [1.807, 2.05) is 6.07 Å². The third-order valence-corrected chi connectivity index (χ3v) is 4.28. The smallest absolute Gasteiger partial charge is 0.123 e. The fourth-order valence-electron chi connectivity index (χ4n) is 3.07. The van der Waals surface area contributed by atoms with Crippen LogP contribution in [0.3, 0.4) is 0 Å². The van der Waals surface area contributed by atoms with Crippen molar-refractivity contribution in [1.82, 2.24) is 0 Å². The summed E-state index contributed by atoms with van der Waals surface area (Å²) in [6, 6.07) is 15.3. The van der Waals surface area contributed by atoms with Gasteiger partial charge in [-0.1, -0.05) is 19.1 Å². The molecule has 1 N–H and O–H groups in total. The Morgan fingerprint density at radius 1 is 1.18 bits per heavy atom. The number of rotatable bonds is 4. The van der Waals surface area contributed by atoms with Crippen molar-refractivity contribution in [1.29, 1.82) is 0 Å². The van der Waals surface area contributed by atoms with Gasteiger partial charge < -0.3 is 10.2 Å². The van der Waals surface area contributed by atoms with E-state index in [0.717, 1.165) is 30.3 Å². The number of anilines is 2. The van der Waals surface area contributed by atoms with Crippen LogP contribution in [-0.4, -0.2) is 13.1 Å². The van der Waals surface area contributed by atoms with Crippen LogP contribution in [0.4, 0.5) is 15.8 Å². The summed E-state index contributed by atoms with van der Waals surface area (Å²) in [4.78, 5) is 2.46. The Morgan fingerprint density at radius 3 is 2.73 bits per heavy atom. The molecule has 1 unspecified atom stereocenters. The number of hydrogen-bond acceptors (Lipinski definition) is 2. The Labute approximate surface area is 132 Å².